The van der Waals surface area contributed by atoms with Gasteiger partial charge in [-0.3, -0.25) is 9.59 Å². The van der Waals surface area contributed by atoms with Crippen LogP contribution in [0.3, 0.4) is 0 Å². The smallest absolute Gasteiger partial charge is 0.166 e. The molecule has 15 heavy (non-hydrogen) atoms. The molecule has 2 heteroatoms. The molecule has 1 aliphatic rings. The molecule has 1 aliphatic carbocycles. The third-order valence-corrected chi connectivity index (χ3v) is 3.03. The molecule has 1 atom stereocenters. The van der Waals surface area contributed by atoms with Gasteiger partial charge in [-0.15, -0.1) is 0 Å². The monoisotopic (exact) mass is 202 g/mol. The summed E-state index contributed by atoms with van der Waals surface area (Å²) in [5.41, 5.74) is 1.78. The van der Waals surface area contributed by atoms with Gasteiger partial charge in [0.1, 0.15) is 5.78 Å². The van der Waals surface area contributed by atoms with Gasteiger partial charge in [0, 0.05) is 24.3 Å². The second kappa shape index (κ2) is 3.97. The summed E-state index contributed by atoms with van der Waals surface area (Å²) in [5, 5.41) is 0. The van der Waals surface area contributed by atoms with E-state index in [0.717, 1.165) is 17.5 Å². The van der Waals surface area contributed by atoms with Gasteiger partial charge in [-0.25, -0.2) is 0 Å². The van der Waals surface area contributed by atoms with Crippen molar-refractivity contribution in [1.82, 2.24) is 0 Å². The summed E-state index contributed by atoms with van der Waals surface area (Å²) in [5.74, 6) is 0.291. The van der Waals surface area contributed by atoms with E-state index in [0.29, 0.717) is 12.8 Å². The minimum Gasteiger partial charge on any atom is -0.300 e. The Morgan fingerprint density at radius 3 is 2.67 bits per heavy atom. The number of ketones is 2. The normalized spacial score (nSPS) is 20.6. The molecular weight excluding hydrogens is 188 g/mol. The minimum absolute atomic E-state index is 0.0707. The third kappa shape index (κ3) is 1.99. The maximum absolute atomic E-state index is 12.1. The maximum Gasteiger partial charge on any atom is 0.166 e. The zero-order valence-corrected chi connectivity index (χ0v) is 8.82. The predicted molar refractivity (Wildman–Crippen MR) is 57.9 cm³/mol. The van der Waals surface area contributed by atoms with Gasteiger partial charge in [-0.2, -0.15) is 0 Å². The van der Waals surface area contributed by atoms with Gasteiger partial charge in [-0.1, -0.05) is 24.3 Å². The molecular formula is C13H14O2. The summed E-state index contributed by atoms with van der Waals surface area (Å²) in [6.07, 6.45) is 1.74. The molecule has 2 nitrogen and oxygen atoms in total. The SMILES string of the molecule is Cc1ccccc1C(=O)C1CCC(=O)C1. The average molecular weight is 202 g/mol. The quantitative estimate of drug-likeness (QED) is 0.691. The van der Waals surface area contributed by atoms with Gasteiger partial charge < -0.3 is 0 Å². The standard InChI is InChI=1S/C13H14O2/c1-9-4-2-3-5-12(9)13(15)10-6-7-11(14)8-10/h2-5,10H,6-8H2,1H3. The molecule has 0 bridgehead atoms. The van der Waals surface area contributed by atoms with Crippen LogP contribution in [0.25, 0.3) is 0 Å². The van der Waals surface area contributed by atoms with Crippen molar-refractivity contribution < 1.29 is 9.59 Å². The van der Waals surface area contributed by atoms with Crippen molar-refractivity contribution in [1.29, 1.82) is 0 Å². The number of Topliss-reactive ketones (excluding diaryl/α,β-unsaturated/α-hetero) is 2. The number of aryl methyl sites for hydroxylation is 1. The topological polar surface area (TPSA) is 34.1 Å². The molecule has 1 saturated carbocycles. The van der Waals surface area contributed by atoms with Gasteiger partial charge in [0.15, 0.2) is 5.78 Å². The van der Waals surface area contributed by atoms with Crippen LogP contribution in [0.5, 0.6) is 0 Å². The van der Waals surface area contributed by atoms with Gasteiger partial charge >= 0.3 is 0 Å². The molecule has 1 aromatic rings. The van der Waals surface area contributed by atoms with E-state index in [1.54, 1.807) is 0 Å². The molecule has 1 fully saturated rings. The molecule has 0 radical (unpaired) electrons. The fourth-order valence-electron chi connectivity index (χ4n) is 2.11. The first-order valence-electron chi connectivity index (χ1n) is 5.30. The first-order chi connectivity index (χ1) is 7.18. The zero-order chi connectivity index (χ0) is 10.8. The van der Waals surface area contributed by atoms with E-state index in [1.807, 2.05) is 31.2 Å². The minimum atomic E-state index is -0.0707. The first-order valence-corrected chi connectivity index (χ1v) is 5.30. The molecule has 0 amide bonds. The average Bonchev–Trinajstić information content (AvgIpc) is 2.65. The Bertz CT molecular complexity index is 407. The highest BCUT2D eigenvalue weighted by molar-refractivity contribution is 6.02. The number of hydrogen-bond acceptors (Lipinski definition) is 2. The Labute approximate surface area is 89.3 Å². The van der Waals surface area contributed by atoms with Crippen LogP contribution in [0.1, 0.15) is 35.2 Å². The largest absolute Gasteiger partial charge is 0.300 e. The number of carbonyl (C=O) groups excluding carboxylic acids is 2. The van der Waals surface area contributed by atoms with Gasteiger partial charge in [-0.05, 0) is 18.9 Å². The molecule has 0 heterocycles. The summed E-state index contributed by atoms with van der Waals surface area (Å²) in [6, 6.07) is 7.58. The molecule has 0 saturated heterocycles. The number of hydrogen-bond donors (Lipinski definition) is 0. The van der Waals surface area contributed by atoms with E-state index in [-0.39, 0.29) is 17.5 Å². The summed E-state index contributed by atoms with van der Waals surface area (Å²) >= 11 is 0. The highest BCUT2D eigenvalue weighted by Crippen LogP contribution is 2.26. The molecule has 1 unspecified atom stereocenters. The van der Waals surface area contributed by atoms with Crippen LogP contribution in [-0.2, 0) is 4.79 Å². The maximum atomic E-state index is 12.1. The molecule has 1 aromatic carbocycles. The second-order valence-electron chi connectivity index (χ2n) is 4.16. The van der Waals surface area contributed by atoms with Crippen molar-refractivity contribution in [2.24, 2.45) is 5.92 Å². The predicted octanol–water partition coefficient (Wildman–Crippen LogP) is 2.55. The Hall–Kier alpha value is -1.44. The van der Waals surface area contributed by atoms with E-state index in [9.17, 15) is 9.59 Å². The Balaban J connectivity index is 2.21. The highest BCUT2D eigenvalue weighted by atomic mass is 16.1. The third-order valence-electron chi connectivity index (χ3n) is 3.03. The number of benzene rings is 1. The Kier molecular flexibility index (Phi) is 2.67. The first kappa shape index (κ1) is 10.1. The summed E-state index contributed by atoms with van der Waals surface area (Å²) in [7, 11) is 0. The van der Waals surface area contributed by atoms with Crippen LogP contribution in [0.4, 0.5) is 0 Å². The van der Waals surface area contributed by atoms with Crippen molar-refractivity contribution in [2.75, 3.05) is 0 Å². The number of carbonyl (C=O) groups is 2. The molecule has 0 aliphatic heterocycles. The summed E-state index contributed by atoms with van der Waals surface area (Å²) in [6.45, 7) is 1.93. The Morgan fingerprint density at radius 2 is 2.07 bits per heavy atom. The van der Waals surface area contributed by atoms with Crippen LogP contribution < -0.4 is 0 Å². The molecule has 0 aromatic heterocycles. The van der Waals surface area contributed by atoms with Crippen LogP contribution >= 0.6 is 0 Å². The number of rotatable bonds is 2. The van der Waals surface area contributed by atoms with Gasteiger partial charge in [0.25, 0.3) is 0 Å². The molecule has 0 spiro atoms. The fourth-order valence-corrected chi connectivity index (χ4v) is 2.11. The molecule has 0 N–H and O–H groups in total. The van der Waals surface area contributed by atoms with Crippen molar-refractivity contribution in [3.05, 3.63) is 35.4 Å². The van der Waals surface area contributed by atoms with Gasteiger partial charge in [0.2, 0.25) is 0 Å². The van der Waals surface area contributed by atoms with Crippen molar-refractivity contribution >= 4 is 11.6 Å². The van der Waals surface area contributed by atoms with E-state index in [4.69, 9.17) is 0 Å². The van der Waals surface area contributed by atoms with Crippen LogP contribution in [-0.4, -0.2) is 11.6 Å². The lowest BCUT2D eigenvalue weighted by Crippen LogP contribution is -2.13. The zero-order valence-electron chi connectivity index (χ0n) is 8.82. The lowest BCUT2D eigenvalue weighted by molar-refractivity contribution is -0.117. The summed E-state index contributed by atoms with van der Waals surface area (Å²) < 4.78 is 0. The van der Waals surface area contributed by atoms with Gasteiger partial charge in [0.05, 0.1) is 0 Å². The van der Waals surface area contributed by atoms with Crippen LogP contribution in [0, 0.1) is 12.8 Å². The Morgan fingerprint density at radius 1 is 1.33 bits per heavy atom. The molecule has 2 rings (SSSR count). The fraction of sp³-hybridized carbons (Fsp3) is 0.385. The van der Waals surface area contributed by atoms with E-state index >= 15 is 0 Å². The van der Waals surface area contributed by atoms with Crippen molar-refractivity contribution in [3.8, 4) is 0 Å². The van der Waals surface area contributed by atoms with Crippen LogP contribution in [0.15, 0.2) is 24.3 Å². The summed E-state index contributed by atoms with van der Waals surface area (Å²) in [4.78, 5) is 23.2. The second-order valence-corrected chi connectivity index (χ2v) is 4.16. The van der Waals surface area contributed by atoms with Crippen LogP contribution in [0.2, 0.25) is 0 Å². The van der Waals surface area contributed by atoms with E-state index < -0.39 is 0 Å². The van der Waals surface area contributed by atoms with E-state index in [2.05, 4.69) is 0 Å². The van der Waals surface area contributed by atoms with Crippen molar-refractivity contribution in [3.63, 3.8) is 0 Å². The highest BCUT2D eigenvalue weighted by Gasteiger charge is 2.29. The lowest BCUT2D eigenvalue weighted by atomic mass is 9.93. The lowest BCUT2D eigenvalue weighted by Gasteiger charge is -2.09. The molecule has 78 valence electrons. The van der Waals surface area contributed by atoms with E-state index in [1.165, 1.54) is 0 Å². The van der Waals surface area contributed by atoms with Crippen molar-refractivity contribution in [2.45, 2.75) is 26.2 Å².